The van der Waals surface area contributed by atoms with E-state index in [1.165, 1.54) is 36.4 Å². The molecule has 1 amide bonds. The molecule has 28 heavy (non-hydrogen) atoms. The average molecular weight is 426 g/mol. The van der Waals surface area contributed by atoms with Crippen LogP contribution in [0.3, 0.4) is 0 Å². The van der Waals surface area contributed by atoms with Crippen LogP contribution in [0.25, 0.3) is 0 Å². The molecule has 2 aromatic rings. The number of esters is 2. The second kappa shape index (κ2) is 10.5. The van der Waals surface area contributed by atoms with Gasteiger partial charge in [0, 0.05) is 10.7 Å². The van der Waals surface area contributed by atoms with Crippen molar-refractivity contribution in [2.24, 2.45) is 0 Å². The van der Waals surface area contributed by atoms with Crippen molar-refractivity contribution in [2.75, 3.05) is 25.1 Å². The summed E-state index contributed by atoms with van der Waals surface area (Å²) in [6.45, 7) is 1.08. The van der Waals surface area contributed by atoms with Crippen LogP contribution in [0.15, 0.2) is 42.5 Å². The molecule has 0 aliphatic rings. The summed E-state index contributed by atoms with van der Waals surface area (Å²) in [5.41, 5.74) is 0.808. The van der Waals surface area contributed by atoms with Crippen LogP contribution in [-0.4, -0.2) is 37.7 Å². The minimum absolute atomic E-state index is 0.254. The maximum Gasteiger partial charge on any atom is 0.344 e. The number of benzene rings is 2. The van der Waals surface area contributed by atoms with E-state index in [1.54, 1.807) is 13.0 Å². The third-order valence-electron chi connectivity index (χ3n) is 3.28. The maximum atomic E-state index is 11.8. The van der Waals surface area contributed by atoms with Crippen LogP contribution < -0.4 is 10.1 Å². The maximum absolute atomic E-state index is 11.8. The smallest absolute Gasteiger partial charge is 0.344 e. The first-order valence-corrected chi connectivity index (χ1v) is 8.95. The molecule has 0 bridgehead atoms. The van der Waals surface area contributed by atoms with Gasteiger partial charge in [-0.3, -0.25) is 4.79 Å². The molecule has 0 unspecified atom stereocenters. The third kappa shape index (κ3) is 6.75. The Kier molecular flexibility index (Phi) is 8.10. The number of hydrogen-bond donors (Lipinski definition) is 1. The van der Waals surface area contributed by atoms with Gasteiger partial charge >= 0.3 is 11.9 Å². The Balaban J connectivity index is 1.75. The molecule has 0 saturated heterocycles. The monoisotopic (exact) mass is 425 g/mol. The van der Waals surface area contributed by atoms with Crippen LogP contribution in [0, 0.1) is 0 Å². The zero-order valence-electron chi connectivity index (χ0n) is 14.9. The van der Waals surface area contributed by atoms with E-state index in [1.807, 2.05) is 0 Å². The lowest BCUT2D eigenvalue weighted by Crippen LogP contribution is -2.23. The van der Waals surface area contributed by atoms with E-state index in [0.29, 0.717) is 16.3 Å². The number of nitrogens with one attached hydrogen (secondary N) is 1. The molecule has 0 atom stereocenters. The normalized spacial score (nSPS) is 10.1. The molecule has 0 spiro atoms. The molecule has 0 heterocycles. The molecule has 0 saturated carbocycles. The Bertz CT molecular complexity index is 854. The van der Waals surface area contributed by atoms with Gasteiger partial charge in [0.2, 0.25) is 0 Å². The predicted molar refractivity (Wildman–Crippen MR) is 104 cm³/mol. The second-order valence-corrected chi connectivity index (χ2v) is 6.21. The molecule has 9 heteroatoms. The highest BCUT2D eigenvalue weighted by Gasteiger charge is 2.11. The summed E-state index contributed by atoms with van der Waals surface area (Å²) >= 11 is 11.7. The van der Waals surface area contributed by atoms with Crippen molar-refractivity contribution < 1.29 is 28.6 Å². The highest BCUT2D eigenvalue weighted by atomic mass is 35.5. The Morgan fingerprint density at radius 3 is 2.32 bits per heavy atom. The molecule has 2 aromatic carbocycles. The highest BCUT2D eigenvalue weighted by Crippen LogP contribution is 2.27. The molecular formula is C19H17Cl2NO6. The fourth-order valence-electron chi connectivity index (χ4n) is 2.02. The average Bonchev–Trinajstić information content (AvgIpc) is 2.66. The molecule has 7 nitrogen and oxygen atoms in total. The van der Waals surface area contributed by atoms with Gasteiger partial charge in [-0.1, -0.05) is 23.2 Å². The van der Waals surface area contributed by atoms with Gasteiger partial charge in [0.25, 0.3) is 5.91 Å². The summed E-state index contributed by atoms with van der Waals surface area (Å²) in [6.07, 6.45) is 0. The van der Waals surface area contributed by atoms with Crippen molar-refractivity contribution in [3.8, 4) is 5.75 Å². The molecule has 0 aliphatic carbocycles. The van der Waals surface area contributed by atoms with E-state index >= 15 is 0 Å². The number of carbonyl (C=O) groups is 3. The van der Waals surface area contributed by atoms with Crippen molar-refractivity contribution in [1.29, 1.82) is 0 Å². The van der Waals surface area contributed by atoms with Crippen molar-refractivity contribution in [1.82, 2.24) is 0 Å². The number of carbonyl (C=O) groups excluding carboxylic acids is 3. The fraction of sp³-hybridized carbons (Fsp3) is 0.211. The summed E-state index contributed by atoms with van der Waals surface area (Å²) in [7, 11) is 0. The Morgan fingerprint density at radius 1 is 0.964 bits per heavy atom. The highest BCUT2D eigenvalue weighted by molar-refractivity contribution is 6.35. The number of anilines is 1. The van der Waals surface area contributed by atoms with Crippen LogP contribution in [0.2, 0.25) is 10.0 Å². The summed E-state index contributed by atoms with van der Waals surface area (Å²) in [6, 6.07) is 10.7. The van der Waals surface area contributed by atoms with E-state index < -0.39 is 31.1 Å². The van der Waals surface area contributed by atoms with E-state index in [4.69, 9.17) is 37.4 Å². The number of hydrogen-bond acceptors (Lipinski definition) is 6. The van der Waals surface area contributed by atoms with Crippen molar-refractivity contribution in [3.05, 3.63) is 58.1 Å². The van der Waals surface area contributed by atoms with Gasteiger partial charge in [-0.15, -0.1) is 0 Å². The van der Waals surface area contributed by atoms with E-state index in [0.717, 1.165) is 0 Å². The van der Waals surface area contributed by atoms with Crippen molar-refractivity contribution >= 4 is 46.7 Å². The molecule has 0 aromatic heterocycles. The van der Waals surface area contributed by atoms with Crippen LogP contribution in [-0.2, 0) is 19.1 Å². The molecule has 0 aliphatic heterocycles. The number of rotatable bonds is 8. The van der Waals surface area contributed by atoms with Gasteiger partial charge in [0.05, 0.1) is 17.2 Å². The van der Waals surface area contributed by atoms with E-state index in [9.17, 15) is 14.4 Å². The topological polar surface area (TPSA) is 90.9 Å². The molecule has 148 valence electrons. The SMILES string of the molecule is CCOC(=O)c1ccc(NC(=O)COC(=O)COc2ccc(Cl)cc2Cl)cc1. The molecule has 0 fully saturated rings. The molecule has 0 radical (unpaired) electrons. The molecule has 2 rings (SSSR count). The zero-order valence-corrected chi connectivity index (χ0v) is 16.4. The first-order valence-electron chi connectivity index (χ1n) is 8.19. The third-order valence-corrected chi connectivity index (χ3v) is 3.81. The summed E-state index contributed by atoms with van der Waals surface area (Å²) in [5.74, 6) is -1.45. The van der Waals surface area contributed by atoms with Gasteiger partial charge < -0.3 is 19.5 Å². The van der Waals surface area contributed by atoms with Crippen LogP contribution in [0.5, 0.6) is 5.75 Å². The second-order valence-electron chi connectivity index (χ2n) is 5.37. The van der Waals surface area contributed by atoms with Gasteiger partial charge in [-0.2, -0.15) is 0 Å². The predicted octanol–water partition coefficient (Wildman–Crippen LogP) is 3.73. The lowest BCUT2D eigenvalue weighted by Gasteiger charge is -2.09. The van der Waals surface area contributed by atoms with Gasteiger partial charge in [0.15, 0.2) is 13.2 Å². The number of amides is 1. The Morgan fingerprint density at radius 2 is 1.68 bits per heavy atom. The number of halogens is 2. The Labute approximate surface area is 171 Å². The van der Waals surface area contributed by atoms with Crippen LogP contribution in [0.1, 0.15) is 17.3 Å². The first kappa shape index (κ1) is 21.5. The summed E-state index contributed by atoms with van der Waals surface area (Å²) in [5, 5.41) is 3.23. The van der Waals surface area contributed by atoms with Crippen molar-refractivity contribution in [2.45, 2.75) is 6.92 Å². The van der Waals surface area contributed by atoms with Gasteiger partial charge in [0.1, 0.15) is 5.75 Å². The van der Waals surface area contributed by atoms with E-state index in [-0.39, 0.29) is 17.4 Å². The van der Waals surface area contributed by atoms with E-state index in [2.05, 4.69) is 5.32 Å². The Hall–Kier alpha value is -2.77. The van der Waals surface area contributed by atoms with Gasteiger partial charge in [-0.05, 0) is 49.4 Å². The molecular weight excluding hydrogens is 409 g/mol. The summed E-state index contributed by atoms with van der Waals surface area (Å²) < 4.78 is 14.9. The zero-order chi connectivity index (χ0) is 20.5. The molecule has 1 N–H and O–H groups in total. The minimum Gasteiger partial charge on any atom is -0.480 e. The minimum atomic E-state index is -0.737. The van der Waals surface area contributed by atoms with Gasteiger partial charge in [-0.25, -0.2) is 9.59 Å². The first-order chi connectivity index (χ1) is 13.4. The van der Waals surface area contributed by atoms with Crippen LogP contribution >= 0.6 is 23.2 Å². The standard InChI is InChI=1S/C19H17Cl2NO6/c1-2-26-19(25)12-3-6-14(7-4-12)22-17(23)10-28-18(24)11-27-16-8-5-13(20)9-15(16)21/h3-9H,2,10-11H2,1H3,(H,22,23). The largest absolute Gasteiger partial charge is 0.480 e. The fourth-order valence-corrected chi connectivity index (χ4v) is 2.48. The number of ether oxygens (including phenoxy) is 3. The lowest BCUT2D eigenvalue weighted by molar-refractivity contribution is -0.149. The van der Waals surface area contributed by atoms with Crippen LogP contribution in [0.4, 0.5) is 5.69 Å². The quantitative estimate of drug-likeness (QED) is 0.647. The lowest BCUT2D eigenvalue weighted by atomic mass is 10.2. The summed E-state index contributed by atoms with van der Waals surface area (Å²) in [4.78, 5) is 35.1. The van der Waals surface area contributed by atoms with Crippen molar-refractivity contribution in [3.63, 3.8) is 0 Å².